The van der Waals surface area contributed by atoms with Crippen LogP contribution in [0.2, 0.25) is 0 Å². The zero-order valence-corrected chi connectivity index (χ0v) is 11.4. The Morgan fingerprint density at radius 1 is 1.17 bits per heavy atom. The molecule has 1 aromatic rings. The predicted molar refractivity (Wildman–Crippen MR) is 61.8 cm³/mol. The summed E-state index contributed by atoms with van der Waals surface area (Å²) in [5.41, 5.74) is 1.11. The van der Waals surface area contributed by atoms with E-state index in [0.29, 0.717) is 11.3 Å². The van der Waals surface area contributed by atoms with Gasteiger partial charge in [-0.2, -0.15) is 0 Å². The molecule has 0 atom stereocenters. The van der Waals surface area contributed by atoms with Gasteiger partial charge in [-0.15, -0.1) is 0 Å². The average molecular weight is 294 g/mol. The van der Waals surface area contributed by atoms with Crippen LogP contribution in [0.1, 0.15) is 11.3 Å². The molecular formula is C9H14NO6P2+. The molecule has 18 heavy (non-hydrogen) atoms. The fourth-order valence-electron chi connectivity index (χ4n) is 2.32. The average Bonchev–Trinajstić information content (AvgIpc) is 2.57. The summed E-state index contributed by atoms with van der Waals surface area (Å²) < 4.78 is 24.8. The highest BCUT2D eigenvalue weighted by Crippen LogP contribution is 2.72. The van der Waals surface area contributed by atoms with Crippen molar-refractivity contribution in [2.45, 2.75) is 17.7 Å². The monoisotopic (exact) mass is 294 g/mol. The van der Waals surface area contributed by atoms with Gasteiger partial charge in [-0.25, -0.2) is 4.57 Å². The van der Waals surface area contributed by atoms with Crippen LogP contribution in [0.3, 0.4) is 0 Å². The Morgan fingerprint density at radius 3 is 2.17 bits per heavy atom. The van der Waals surface area contributed by atoms with Gasteiger partial charge >= 0.3 is 15.2 Å². The lowest BCUT2D eigenvalue weighted by molar-refractivity contribution is -0.678. The third-order valence-corrected chi connectivity index (χ3v) is 7.78. The van der Waals surface area contributed by atoms with Crippen LogP contribution in [0.5, 0.6) is 0 Å². The third-order valence-electron chi connectivity index (χ3n) is 3.41. The molecule has 0 amide bonds. The van der Waals surface area contributed by atoms with Crippen LogP contribution < -0.4 is 4.57 Å². The van der Waals surface area contributed by atoms with Gasteiger partial charge in [0.25, 0.3) is 0 Å². The second-order valence-corrected chi connectivity index (χ2v) is 8.76. The van der Waals surface area contributed by atoms with E-state index in [-0.39, 0.29) is 12.8 Å². The SMILES string of the molecule is C[n+]1cccc2c1CC(P(=O)(O)O)(P(=O)(O)O)C2. The maximum absolute atomic E-state index is 11.6. The van der Waals surface area contributed by atoms with Crippen LogP contribution in [-0.2, 0) is 29.0 Å². The number of pyridine rings is 1. The van der Waals surface area contributed by atoms with Gasteiger partial charge in [0, 0.05) is 18.1 Å². The minimum atomic E-state index is -4.94. The van der Waals surface area contributed by atoms with Crippen molar-refractivity contribution in [3.63, 3.8) is 0 Å². The summed E-state index contributed by atoms with van der Waals surface area (Å²) in [6, 6.07) is 3.30. The topological polar surface area (TPSA) is 119 Å². The zero-order chi connectivity index (χ0) is 13.8. The van der Waals surface area contributed by atoms with Crippen molar-refractivity contribution in [2.24, 2.45) is 7.05 Å². The van der Waals surface area contributed by atoms with E-state index < -0.39 is 20.1 Å². The van der Waals surface area contributed by atoms with E-state index in [2.05, 4.69) is 0 Å². The van der Waals surface area contributed by atoms with Crippen LogP contribution in [0.4, 0.5) is 0 Å². The van der Waals surface area contributed by atoms with Crippen LogP contribution in [-0.4, -0.2) is 24.5 Å². The summed E-state index contributed by atoms with van der Waals surface area (Å²) in [6.45, 7) is 0. The van der Waals surface area contributed by atoms with Gasteiger partial charge in [-0.1, -0.05) is 0 Å². The molecule has 0 saturated heterocycles. The quantitative estimate of drug-likeness (QED) is 0.438. The molecule has 1 aliphatic carbocycles. The second kappa shape index (κ2) is 3.97. The Kier molecular flexibility index (Phi) is 3.06. The Bertz CT molecular complexity index is 567. The highest BCUT2D eigenvalue weighted by Gasteiger charge is 2.64. The normalized spacial score (nSPS) is 18.7. The minimum absolute atomic E-state index is 0.314. The van der Waals surface area contributed by atoms with E-state index in [9.17, 15) is 28.7 Å². The molecule has 0 saturated carbocycles. The molecule has 7 nitrogen and oxygen atoms in total. The Hall–Kier alpha value is -0.550. The molecule has 0 unspecified atom stereocenters. The van der Waals surface area contributed by atoms with Crippen LogP contribution >= 0.6 is 15.2 Å². The molecule has 4 N–H and O–H groups in total. The van der Waals surface area contributed by atoms with Gasteiger partial charge in [0.1, 0.15) is 7.05 Å². The molecule has 9 heteroatoms. The first-order valence-electron chi connectivity index (χ1n) is 5.16. The minimum Gasteiger partial charge on any atom is -0.324 e. The van der Waals surface area contributed by atoms with Gasteiger partial charge in [0.2, 0.25) is 0 Å². The van der Waals surface area contributed by atoms with Gasteiger partial charge < -0.3 is 19.6 Å². The summed E-state index contributed by atoms with van der Waals surface area (Å²) in [7, 11) is -8.21. The third kappa shape index (κ3) is 1.88. The number of aryl methyl sites for hydroxylation is 1. The predicted octanol–water partition coefficient (Wildman–Crippen LogP) is -0.339. The van der Waals surface area contributed by atoms with E-state index in [0.717, 1.165) is 0 Å². The number of fused-ring (bicyclic) bond motifs is 1. The molecule has 0 bridgehead atoms. The molecule has 0 aliphatic heterocycles. The van der Waals surface area contributed by atoms with Crippen molar-refractivity contribution in [2.75, 3.05) is 0 Å². The van der Waals surface area contributed by atoms with Crippen LogP contribution in [0, 0.1) is 0 Å². The zero-order valence-electron chi connectivity index (χ0n) is 9.59. The highest BCUT2D eigenvalue weighted by molar-refractivity contribution is 7.72. The largest absolute Gasteiger partial charge is 0.344 e. The first-order valence-corrected chi connectivity index (χ1v) is 8.39. The molecule has 2 rings (SSSR count). The Balaban J connectivity index is 2.63. The molecule has 1 heterocycles. The van der Waals surface area contributed by atoms with Crippen molar-refractivity contribution in [1.29, 1.82) is 0 Å². The molecule has 0 spiro atoms. The van der Waals surface area contributed by atoms with Crippen LogP contribution in [0.15, 0.2) is 18.3 Å². The highest BCUT2D eigenvalue weighted by atomic mass is 31.2. The summed E-state index contributed by atoms with van der Waals surface area (Å²) in [6.07, 6.45) is 1.04. The molecule has 1 aromatic heterocycles. The lowest BCUT2D eigenvalue weighted by Crippen LogP contribution is -2.36. The van der Waals surface area contributed by atoms with E-state index in [1.54, 1.807) is 29.9 Å². The van der Waals surface area contributed by atoms with Crippen molar-refractivity contribution in [3.05, 3.63) is 29.6 Å². The van der Waals surface area contributed by atoms with E-state index in [1.165, 1.54) is 0 Å². The van der Waals surface area contributed by atoms with E-state index in [1.807, 2.05) is 0 Å². The lowest BCUT2D eigenvalue weighted by atomic mass is 10.2. The molecule has 0 aromatic carbocycles. The number of hydrogen-bond donors (Lipinski definition) is 4. The molecule has 0 radical (unpaired) electrons. The summed E-state index contributed by atoms with van der Waals surface area (Å²) in [5.74, 6) is 0. The second-order valence-electron chi connectivity index (χ2n) is 4.52. The van der Waals surface area contributed by atoms with Crippen molar-refractivity contribution in [3.8, 4) is 0 Å². The molecule has 0 fully saturated rings. The summed E-state index contributed by atoms with van der Waals surface area (Å²) in [4.78, 5) is 35.2. The standard InChI is InChI=1S/C9H13NO6P2/c1-10-4-2-3-7-5-9(6-8(7)10,17(11,12)13)18(14,15)16/h2-4H,5-6H2,1H3,(H3-,11,12,13,14,15,16)/p+1. The van der Waals surface area contributed by atoms with Crippen molar-refractivity contribution >= 4 is 15.2 Å². The van der Waals surface area contributed by atoms with Crippen molar-refractivity contribution < 1.29 is 33.3 Å². The first-order chi connectivity index (χ1) is 8.08. The molecular weight excluding hydrogens is 280 g/mol. The number of aromatic nitrogens is 1. The van der Waals surface area contributed by atoms with Crippen molar-refractivity contribution in [1.82, 2.24) is 0 Å². The van der Waals surface area contributed by atoms with Gasteiger partial charge in [-0.05, 0) is 6.07 Å². The molecule has 1 aliphatic rings. The van der Waals surface area contributed by atoms with E-state index >= 15 is 0 Å². The fraction of sp³-hybridized carbons (Fsp3) is 0.444. The van der Waals surface area contributed by atoms with Gasteiger partial charge in [0.15, 0.2) is 16.8 Å². The van der Waals surface area contributed by atoms with Crippen LogP contribution in [0.25, 0.3) is 0 Å². The number of hydrogen-bond acceptors (Lipinski definition) is 2. The summed E-state index contributed by atoms with van der Waals surface area (Å²) in [5, 5.41) is 0. The molecule has 100 valence electrons. The first kappa shape index (κ1) is 13.9. The number of nitrogens with zero attached hydrogens (tertiary/aromatic N) is 1. The fourth-order valence-corrected chi connectivity index (χ4v) is 5.14. The van der Waals surface area contributed by atoms with Gasteiger partial charge in [0.05, 0.1) is 6.42 Å². The Morgan fingerprint density at radius 2 is 1.72 bits per heavy atom. The maximum atomic E-state index is 11.6. The smallest absolute Gasteiger partial charge is 0.324 e. The maximum Gasteiger partial charge on any atom is 0.344 e. The van der Waals surface area contributed by atoms with Gasteiger partial charge in [-0.3, -0.25) is 9.13 Å². The lowest BCUT2D eigenvalue weighted by Gasteiger charge is -2.29. The Labute approximate surface area is 103 Å². The number of rotatable bonds is 2. The summed E-state index contributed by atoms with van der Waals surface area (Å²) >= 11 is 0. The van der Waals surface area contributed by atoms with E-state index in [4.69, 9.17) is 0 Å².